The Morgan fingerprint density at radius 1 is 1.05 bits per heavy atom. The van der Waals surface area contributed by atoms with E-state index in [-0.39, 0.29) is 25.2 Å². The highest BCUT2D eigenvalue weighted by molar-refractivity contribution is 8.19. The van der Waals surface area contributed by atoms with Crippen molar-refractivity contribution in [3.05, 3.63) is 74.4 Å². The molecule has 1 atom stereocenters. The fourth-order valence-corrected chi connectivity index (χ4v) is 8.09. The summed E-state index contributed by atoms with van der Waals surface area (Å²) in [6, 6.07) is 11.2. The van der Waals surface area contributed by atoms with Gasteiger partial charge >= 0.3 is 6.03 Å². The number of hydrogen-bond acceptors (Lipinski definition) is 7. The number of sulfonamides is 1. The standard InChI is InChI=1S/C28H31Cl2N5O4S2/c29-23-18-21(32-28(37)33-41(38,39)26-10-9-25(30)40-26)6-8-24(23)35-16-11-19-17-20(5-7-22(19)27(35)36)31-12-4-15-34-13-2-1-3-14-34/h5-8,10-11,16-18,25,31H,1-4,9,12-15H2,(H2,32,33,37). The second-order valence-electron chi connectivity index (χ2n) is 9.99. The lowest BCUT2D eigenvalue weighted by atomic mass is 10.1. The van der Waals surface area contributed by atoms with Crippen molar-refractivity contribution in [3.63, 3.8) is 0 Å². The summed E-state index contributed by atoms with van der Waals surface area (Å²) in [6.07, 6.45) is 8.51. The molecule has 2 aliphatic heterocycles. The van der Waals surface area contributed by atoms with E-state index in [9.17, 15) is 18.0 Å². The van der Waals surface area contributed by atoms with Crippen molar-refractivity contribution >= 4 is 73.2 Å². The number of aromatic nitrogens is 1. The summed E-state index contributed by atoms with van der Waals surface area (Å²) in [5.74, 6) is 0. The van der Waals surface area contributed by atoms with Crippen LogP contribution in [0.2, 0.25) is 5.02 Å². The number of benzene rings is 2. The number of nitrogens with one attached hydrogen (secondary N) is 3. The molecule has 3 N–H and O–H groups in total. The number of carbonyl (C=O) groups excluding carboxylic acids is 1. The van der Waals surface area contributed by atoms with Gasteiger partial charge in [-0.1, -0.05) is 35.9 Å². The van der Waals surface area contributed by atoms with E-state index < -0.39 is 16.1 Å². The molecule has 0 bridgehead atoms. The Morgan fingerprint density at radius 2 is 1.83 bits per heavy atom. The normalized spacial score (nSPS) is 17.8. The second kappa shape index (κ2) is 13.1. The molecule has 9 nitrogen and oxygen atoms in total. The van der Waals surface area contributed by atoms with E-state index in [1.165, 1.54) is 49.1 Å². The van der Waals surface area contributed by atoms with E-state index in [1.807, 2.05) is 22.9 Å². The number of allylic oxidation sites excluding steroid dienone is 1. The number of anilines is 2. The van der Waals surface area contributed by atoms with Crippen LogP contribution in [0.15, 0.2) is 63.8 Å². The van der Waals surface area contributed by atoms with Crippen LogP contribution in [0, 0.1) is 0 Å². The Bertz CT molecular complexity index is 1640. The van der Waals surface area contributed by atoms with Crippen LogP contribution in [0.5, 0.6) is 0 Å². The van der Waals surface area contributed by atoms with Gasteiger partial charge in [0.05, 0.1) is 15.4 Å². The number of amides is 2. The maximum absolute atomic E-state index is 13.3. The number of rotatable bonds is 9. The SMILES string of the molecule is O=C(Nc1ccc(-n2ccc3cc(NCCCN4CCCCC4)ccc3c2=O)c(Cl)c1)NS(=O)(=O)C1=CCC(Cl)S1. The van der Waals surface area contributed by atoms with Gasteiger partial charge in [0, 0.05) is 29.5 Å². The lowest BCUT2D eigenvalue weighted by Crippen LogP contribution is -2.34. The van der Waals surface area contributed by atoms with Crippen molar-refractivity contribution in [1.82, 2.24) is 14.2 Å². The van der Waals surface area contributed by atoms with E-state index in [1.54, 1.807) is 24.4 Å². The molecule has 5 rings (SSSR count). The third-order valence-electron chi connectivity index (χ3n) is 7.00. The Balaban J connectivity index is 1.23. The van der Waals surface area contributed by atoms with Crippen molar-refractivity contribution in [1.29, 1.82) is 0 Å². The second-order valence-corrected chi connectivity index (χ2v) is 14.3. The fourth-order valence-electron chi connectivity index (χ4n) is 4.96. The van der Waals surface area contributed by atoms with E-state index in [0.717, 1.165) is 42.3 Å². The van der Waals surface area contributed by atoms with Crippen LogP contribution in [-0.2, 0) is 10.0 Å². The van der Waals surface area contributed by atoms with Crippen LogP contribution in [0.25, 0.3) is 16.5 Å². The third-order valence-corrected chi connectivity index (χ3v) is 10.7. The van der Waals surface area contributed by atoms with Crippen LogP contribution in [0.3, 0.4) is 0 Å². The van der Waals surface area contributed by atoms with Gasteiger partial charge in [0.25, 0.3) is 15.6 Å². The molecule has 2 aromatic carbocycles. The van der Waals surface area contributed by atoms with E-state index in [2.05, 4.69) is 15.5 Å². The zero-order valence-electron chi connectivity index (χ0n) is 22.2. The number of piperidine rings is 1. The lowest BCUT2D eigenvalue weighted by Gasteiger charge is -2.26. The number of urea groups is 1. The molecule has 218 valence electrons. The molecular formula is C28H31Cl2N5O4S2. The fraction of sp³-hybridized carbons (Fsp3) is 0.357. The Kier molecular flexibility index (Phi) is 9.50. The number of nitrogens with zero attached hydrogens (tertiary/aromatic N) is 2. The molecule has 0 spiro atoms. The largest absolute Gasteiger partial charge is 0.385 e. The number of thioether (sulfide) groups is 1. The predicted octanol–water partition coefficient (Wildman–Crippen LogP) is 5.93. The minimum Gasteiger partial charge on any atom is -0.385 e. The minimum absolute atomic E-state index is 0.00692. The first-order valence-corrected chi connectivity index (χ1v) is 16.6. The summed E-state index contributed by atoms with van der Waals surface area (Å²) in [5.41, 5.74) is 1.43. The first-order chi connectivity index (χ1) is 19.7. The molecule has 1 fully saturated rings. The molecule has 3 aromatic rings. The number of halogens is 2. The van der Waals surface area contributed by atoms with Crippen molar-refractivity contribution in [2.24, 2.45) is 0 Å². The van der Waals surface area contributed by atoms with E-state index in [4.69, 9.17) is 23.2 Å². The summed E-state index contributed by atoms with van der Waals surface area (Å²) < 4.78 is 27.8. The van der Waals surface area contributed by atoms with Crippen LogP contribution >= 0.6 is 35.0 Å². The van der Waals surface area contributed by atoms with Crippen LogP contribution in [0.4, 0.5) is 16.2 Å². The van der Waals surface area contributed by atoms with Crippen molar-refractivity contribution in [2.75, 3.05) is 36.8 Å². The molecular weight excluding hydrogens is 605 g/mol. The van der Waals surface area contributed by atoms with E-state index >= 15 is 0 Å². The molecule has 1 saturated heterocycles. The number of alkyl halides is 1. The highest BCUT2D eigenvalue weighted by Crippen LogP contribution is 2.37. The zero-order chi connectivity index (χ0) is 29.0. The average Bonchev–Trinajstić information content (AvgIpc) is 3.39. The van der Waals surface area contributed by atoms with Crippen molar-refractivity contribution in [3.8, 4) is 5.69 Å². The molecule has 41 heavy (non-hydrogen) atoms. The molecule has 3 heterocycles. The van der Waals surface area contributed by atoms with Gasteiger partial charge in [0.1, 0.15) is 4.24 Å². The summed E-state index contributed by atoms with van der Waals surface area (Å²) in [5, 5.41) is 7.49. The summed E-state index contributed by atoms with van der Waals surface area (Å²) in [7, 11) is -4.02. The zero-order valence-corrected chi connectivity index (χ0v) is 25.4. The van der Waals surface area contributed by atoms with Crippen molar-refractivity contribution in [2.45, 2.75) is 36.8 Å². The molecule has 0 aliphatic carbocycles. The van der Waals surface area contributed by atoms with Gasteiger partial charge in [-0.15, -0.1) is 11.6 Å². The van der Waals surface area contributed by atoms with Gasteiger partial charge in [0.2, 0.25) is 0 Å². The first-order valence-electron chi connectivity index (χ1n) is 13.5. The number of likely N-dealkylation sites (tertiary alicyclic amines) is 1. The Morgan fingerprint density at radius 3 is 2.56 bits per heavy atom. The molecule has 0 radical (unpaired) electrons. The topological polar surface area (TPSA) is 113 Å². The molecule has 2 aliphatic rings. The van der Waals surface area contributed by atoms with Crippen LogP contribution < -0.4 is 20.9 Å². The van der Waals surface area contributed by atoms with Gasteiger partial charge in [-0.2, -0.15) is 0 Å². The molecule has 2 amide bonds. The van der Waals surface area contributed by atoms with Gasteiger partial charge in [0.15, 0.2) is 0 Å². The van der Waals surface area contributed by atoms with Gasteiger partial charge in [-0.25, -0.2) is 17.9 Å². The number of fused-ring (bicyclic) bond motifs is 1. The minimum atomic E-state index is -4.02. The maximum atomic E-state index is 13.3. The Hall–Kier alpha value is -2.70. The highest BCUT2D eigenvalue weighted by atomic mass is 35.5. The summed E-state index contributed by atoms with van der Waals surface area (Å²) in [6.45, 7) is 4.35. The molecule has 0 saturated carbocycles. The smallest absolute Gasteiger partial charge is 0.333 e. The lowest BCUT2D eigenvalue weighted by molar-refractivity contribution is 0.228. The monoisotopic (exact) mass is 635 g/mol. The predicted molar refractivity (Wildman–Crippen MR) is 169 cm³/mol. The molecule has 1 unspecified atom stereocenters. The van der Waals surface area contributed by atoms with Gasteiger partial charge in [-0.05, 0) is 93.2 Å². The van der Waals surface area contributed by atoms with Gasteiger partial charge in [-0.3, -0.25) is 9.36 Å². The molecule has 13 heteroatoms. The number of carbonyl (C=O) groups is 1. The van der Waals surface area contributed by atoms with Crippen molar-refractivity contribution < 1.29 is 13.2 Å². The molecule has 1 aromatic heterocycles. The highest BCUT2D eigenvalue weighted by Gasteiger charge is 2.28. The van der Waals surface area contributed by atoms with Gasteiger partial charge < -0.3 is 15.5 Å². The average molecular weight is 637 g/mol. The van der Waals surface area contributed by atoms with E-state index in [0.29, 0.717) is 17.5 Å². The van der Waals surface area contributed by atoms with Crippen LogP contribution in [0.1, 0.15) is 32.1 Å². The van der Waals surface area contributed by atoms with Crippen LogP contribution in [-0.4, -0.2) is 54.8 Å². The summed E-state index contributed by atoms with van der Waals surface area (Å²) in [4.78, 5) is 28.2. The summed E-state index contributed by atoms with van der Waals surface area (Å²) >= 11 is 13.4. The first kappa shape index (κ1) is 29.8. The Labute approximate surface area is 253 Å². The quantitative estimate of drug-likeness (QED) is 0.197. The third kappa shape index (κ3) is 7.39. The number of hydrogen-bond donors (Lipinski definition) is 3. The maximum Gasteiger partial charge on any atom is 0.333 e. The number of pyridine rings is 1.